The summed E-state index contributed by atoms with van der Waals surface area (Å²) in [7, 11) is 3.98. The number of hydrogen-bond acceptors (Lipinski definition) is 4. The summed E-state index contributed by atoms with van der Waals surface area (Å²) in [6.45, 7) is 3.73. The summed E-state index contributed by atoms with van der Waals surface area (Å²) >= 11 is 0. The van der Waals surface area contributed by atoms with Crippen LogP contribution in [-0.2, 0) is 6.54 Å². The number of benzene rings is 1. The van der Waals surface area contributed by atoms with Crippen LogP contribution in [0.3, 0.4) is 0 Å². The second-order valence-electron chi connectivity index (χ2n) is 6.56. The number of aromatic carboxylic acids is 1. The molecule has 6 nitrogen and oxygen atoms in total. The number of fused-ring (bicyclic) bond motifs is 1. The number of carboxylic acid groups (broad SMARTS) is 1. The summed E-state index contributed by atoms with van der Waals surface area (Å²) in [6, 6.07) is 13.1. The van der Waals surface area contributed by atoms with E-state index in [2.05, 4.69) is 4.98 Å². The summed E-state index contributed by atoms with van der Waals surface area (Å²) in [4.78, 5) is 18.2. The van der Waals surface area contributed by atoms with Gasteiger partial charge in [0.15, 0.2) is 0 Å². The molecular formula is C20H23N3O3. The fourth-order valence-corrected chi connectivity index (χ4v) is 2.88. The molecule has 0 saturated heterocycles. The zero-order valence-electron chi connectivity index (χ0n) is 15.3. The van der Waals surface area contributed by atoms with E-state index in [1.807, 2.05) is 62.3 Å². The number of carboxylic acids is 1. The molecule has 0 saturated carbocycles. The lowest BCUT2D eigenvalue weighted by Gasteiger charge is -2.11. The minimum atomic E-state index is -0.955. The molecule has 3 rings (SSSR count). The molecular weight excluding hydrogens is 330 g/mol. The van der Waals surface area contributed by atoms with Crippen LogP contribution in [0.4, 0.5) is 0 Å². The van der Waals surface area contributed by atoms with Gasteiger partial charge in [0.1, 0.15) is 18.1 Å². The monoisotopic (exact) mass is 353 g/mol. The maximum Gasteiger partial charge on any atom is 0.352 e. The third kappa shape index (κ3) is 4.03. The van der Waals surface area contributed by atoms with E-state index in [0.717, 1.165) is 34.6 Å². The van der Waals surface area contributed by atoms with Gasteiger partial charge in [0.2, 0.25) is 0 Å². The Morgan fingerprint density at radius 1 is 1.23 bits per heavy atom. The van der Waals surface area contributed by atoms with E-state index in [1.165, 1.54) is 0 Å². The lowest BCUT2D eigenvalue weighted by Crippen LogP contribution is -2.19. The predicted octanol–water partition coefficient (Wildman–Crippen LogP) is 3.03. The lowest BCUT2D eigenvalue weighted by molar-refractivity contribution is 0.0686. The molecule has 0 spiro atoms. The Bertz CT molecular complexity index is 931. The van der Waals surface area contributed by atoms with Crippen molar-refractivity contribution in [3.63, 3.8) is 0 Å². The number of carbonyl (C=O) groups is 1. The fraction of sp³-hybridized carbons (Fsp3) is 0.300. The molecule has 0 atom stereocenters. The van der Waals surface area contributed by atoms with E-state index < -0.39 is 5.97 Å². The van der Waals surface area contributed by atoms with Crippen LogP contribution in [0.5, 0.6) is 5.75 Å². The quantitative estimate of drug-likeness (QED) is 0.707. The van der Waals surface area contributed by atoms with Crippen LogP contribution < -0.4 is 4.74 Å². The van der Waals surface area contributed by atoms with E-state index >= 15 is 0 Å². The summed E-state index contributed by atoms with van der Waals surface area (Å²) < 4.78 is 7.54. The van der Waals surface area contributed by atoms with Gasteiger partial charge in [0.25, 0.3) is 0 Å². The average molecular weight is 353 g/mol. The highest BCUT2D eigenvalue weighted by Gasteiger charge is 2.16. The summed E-state index contributed by atoms with van der Waals surface area (Å²) in [5, 5.41) is 10.4. The second kappa shape index (κ2) is 7.58. The SMILES string of the molecule is Cc1cccc(Cn2c(C(=O)O)cc3cc(OCCN(C)C)ccc32)n1. The van der Waals surface area contributed by atoms with E-state index in [0.29, 0.717) is 13.2 Å². The van der Waals surface area contributed by atoms with Gasteiger partial charge in [0, 0.05) is 23.1 Å². The number of aromatic nitrogens is 2. The van der Waals surface area contributed by atoms with Gasteiger partial charge in [0.05, 0.1) is 12.2 Å². The van der Waals surface area contributed by atoms with Gasteiger partial charge in [-0.05, 0) is 57.4 Å². The summed E-state index contributed by atoms with van der Waals surface area (Å²) in [5.74, 6) is -0.217. The third-order valence-corrected chi connectivity index (χ3v) is 4.17. The molecule has 0 aliphatic heterocycles. The lowest BCUT2D eigenvalue weighted by atomic mass is 10.2. The molecule has 2 heterocycles. The van der Waals surface area contributed by atoms with Crippen LogP contribution in [0.15, 0.2) is 42.5 Å². The van der Waals surface area contributed by atoms with Gasteiger partial charge in [-0.25, -0.2) is 4.79 Å². The highest BCUT2D eigenvalue weighted by molar-refractivity contribution is 5.95. The number of rotatable bonds is 7. The Morgan fingerprint density at radius 2 is 2.04 bits per heavy atom. The van der Waals surface area contributed by atoms with Crippen molar-refractivity contribution in [2.75, 3.05) is 27.2 Å². The van der Waals surface area contributed by atoms with Crippen molar-refractivity contribution in [1.29, 1.82) is 0 Å². The van der Waals surface area contributed by atoms with Gasteiger partial charge in [-0.3, -0.25) is 4.98 Å². The molecule has 1 aromatic carbocycles. The predicted molar refractivity (Wildman–Crippen MR) is 101 cm³/mol. The molecule has 2 aromatic heterocycles. The van der Waals surface area contributed by atoms with Crippen molar-refractivity contribution in [2.24, 2.45) is 0 Å². The Labute approximate surface area is 152 Å². The smallest absolute Gasteiger partial charge is 0.352 e. The number of ether oxygens (including phenoxy) is 1. The van der Waals surface area contributed by atoms with Crippen LogP contribution in [0, 0.1) is 6.92 Å². The molecule has 0 aliphatic rings. The zero-order valence-corrected chi connectivity index (χ0v) is 15.3. The molecule has 136 valence electrons. The first-order chi connectivity index (χ1) is 12.4. The topological polar surface area (TPSA) is 67.6 Å². The Balaban J connectivity index is 1.93. The van der Waals surface area contributed by atoms with Gasteiger partial charge in [-0.15, -0.1) is 0 Å². The van der Waals surface area contributed by atoms with Crippen LogP contribution in [-0.4, -0.2) is 52.8 Å². The molecule has 0 unspecified atom stereocenters. The van der Waals surface area contributed by atoms with Crippen molar-refractivity contribution in [2.45, 2.75) is 13.5 Å². The number of hydrogen-bond donors (Lipinski definition) is 1. The maximum atomic E-state index is 11.7. The zero-order chi connectivity index (χ0) is 18.7. The molecule has 0 radical (unpaired) electrons. The first kappa shape index (κ1) is 17.9. The molecule has 3 aromatic rings. The number of aryl methyl sites for hydroxylation is 1. The average Bonchev–Trinajstić information content (AvgIpc) is 2.93. The molecule has 6 heteroatoms. The number of nitrogens with zero attached hydrogens (tertiary/aromatic N) is 3. The van der Waals surface area contributed by atoms with Gasteiger partial charge in [-0.2, -0.15) is 0 Å². The largest absolute Gasteiger partial charge is 0.492 e. The minimum absolute atomic E-state index is 0.244. The maximum absolute atomic E-state index is 11.7. The molecule has 0 fully saturated rings. The highest BCUT2D eigenvalue weighted by atomic mass is 16.5. The molecule has 0 aliphatic carbocycles. The first-order valence-electron chi connectivity index (χ1n) is 8.50. The van der Waals surface area contributed by atoms with Gasteiger partial charge >= 0.3 is 5.97 Å². The van der Waals surface area contributed by atoms with Crippen LogP contribution in [0.25, 0.3) is 10.9 Å². The van der Waals surface area contributed by atoms with E-state index in [1.54, 1.807) is 10.6 Å². The first-order valence-corrected chi connectivity index (χ1v) is 8.50. The fourth-order valence-electron chi connectivity index (χ4n) is 2.88. The van der Waals surface area contributed by atoms with Crippen molar-refractivity contribution >= 4 is 16.9 Å². The number of pyridine rings is 1. The van der Waals surface area contributed by atoms with Crippen LogP contribution >= 0.6 is 0 Å². The molecule has 0 bridgehead atoms. The van der Waals surface area contributed by atoms with Crippen molar-refractivity contribution in [1.82, 2.24) is 14.5 Å². The van der Waals surface area contributed by atoms with Crippen molar-refractivity contribution in [3.8, 4) is 5.75 Å². The second-order valence-corrected chi connectivity index (χ2v) is 6.56. The highest BCUT2D eigenvalue weighted by Crippen LogP contribution is 2.26. The van der Waals surface area contributed by atoms with Gasteiger partial charge < -0.3 is 19.3 Å². The van der Waals surface area contributed by atoms with Gasteiger partial charge in [-0.1, -0.05) is 6.07 Å². The van der Waals surface area contributed by atoms with E-state index in [4.69, 9.17) is 4.74 Å². The Morgan fingerprint density at radius 3 is 2.73 bits per heavy atom. The molecule has 26 heavy (non-hydrogen) atoms. The van der Waals surface area contributed by atoms with E-state index in [9.17, 15) is 9.90 Å². The van der Waals surface area contributed by atoms with E-state index in [-0.39, 0.29) is 5.69 Å². The minimum Gasteiger partial charge on any atom is -0.492 e. The normalized spacial score (nSPS) is 11.2. The standard InChI is InChI=1S/C20H23N3O3/c1-14-5-4-6-16(21-14)13-23-18-8-7-17(26-10-9-22(2)3)11-15(18)12-19(23)20(24)25/h4-8,11-12H,9-10,13H2,1-3H3,(H,24,25). The summed E-state index contributed by atoms with van der Waals surface area (Å²) in [6.07, 6.45) is 0. The van der Waals surface area contributed by atoms with Crippen molar-refractivity contribution in [3.05, 3.63) is 59.5 Å². The number of likely N-dealkylation sites (N-methyl/N-ethyl adjacent to an activating group) is 1. The third-order valence-electron chi connectivity index (χ3n) is 4.17. The van der Waals surface area contributed by atoms with Crippen LogP contribution in [0.1, 0.15) is 21.9 Å². The van der Waals surface area contributed by atoms with Crippen molar-refractivity contribution < 1.29 is 14.6 Å². The molecule has 1 N–H and O–H groups in total. The Kier molecular flexibility index (Phi) is 5.23. The molecule has 0 amide bonds. The summed E-state index contributed by atoms with van der Waals surface area (Å²) in [5.41, 5.74) is 2.84. The Hall–Kier alpha value is -2.86. The van der Waals surface area contributed by atoms with Crippen LogP contribution in [0.2, 0.25) is 0 Å².